The summed E-state index contributed by atoms with van der Waals surface area (Å²) < 4.78 is 11.7. The summed E-state index contributed by atoms with van der Waals surface area (Å²) >= 11 is 0. The second kappa shape index (κ2) is 9.08. The number of benzene rings is 2. The average molecular weight is 378 g/mol. The van der Waals surface area contributed by atoms with Gasteiger partial charge in [0.15, 0.2) is 5.96 Å². The van der Waals surface area contributed by atoms with Crippen LogP contribution < -0.4 is 15.4 Å². The van der Waals surface area contributed by atoms with Crippen LogP contribution in [0.2, 0.25) is 0 Å². The molecule has 28 heavy (non-hydrogen) atoms. The molecule has 0 saturated carbocycles. The smallest absolute Gasteiger partial charge is 0.214 e. The molecule has 0 spiro atoms. The molecule has 3 aromatic rings. The molecule has 2 aromatic carbocycles. The van der Waals surface area contributed by atoms with E-state index in [2.05, 4.69) is 39.7 Å². The summed E-state index contributed by atoms with van der Waals surface area (Å²) in [6, 6.07) is 16.0. The number of hydrogen-bond donors (Lipinski definition) is 2. The van der Waals surface area contributed by atoms with Crippen LogP contribution in [0.15, 0.2) is 57.9 Å². The minimum absolute atomic E-state index is 0.468. The van der Waals surface area contributed by atoms with Gasteiger partial charge in [-0.15, -0.1) is 0 Å². The molecule has 0 aliphatic heterocycles. The molecule has 146 valence electrons. The predicted molar refractivity (Wildman–Crippen MR) is 111 cm³/mol. The van der Waals surface area contributed by atoms with Gasteiger partial charge < -0.3 is 19.8 Å². The number of aliphatic imine (C=N–C) groups is 1. The number of rotatable bonds is 6. The lowest BCUT2D eigenvalue weighted by Gasteiger charge is -2.15. The lowest BCUT2D eigenvalue weighted by Crippen LogP contribution is -2.36. The molecule has 0 aliphatic carbocycles. The van der Waals surface area contributed by atoms with Gasteiger partial charge >= 0.3 is 0 Å². The molecule has 6 heteroatoms. The Balaban J connectivity index is 1.63. The van der Waals surface area contributed by atoms with E-state index in [1.807, 2.05) is 50.2 Å². The van der Waals surface area contributed by atoms with Gasteiger partial charge in [-0.05, 0) is 44.5 Å². The van der Waals surface area contributed by atoms with Crippen LogP contribution in [0.4, 0.5) is 0 Å². The van der Waals surface area contributed by atoms with E-state index in [1.54, 1.807) is 7.05 Å². The average Bonchev–Trinajstić information content (AvgIpc) is 3.01. The molecule has 0 atom stereocenters. The number of nitrogens with zero attached hydrogens (tertiary/aromatic N) is 2. The summed E-state index contributed by atoms with van der Waals surface area (Å²) in [6.07, 6.45) is 0. The van der Waals surface area contributed by atoms with Crippen molar-refractivity contribution in [3.05, 3.63) is 77.0 Å². The van der Waals surface area contributed by atoms with Crippen molar-refractivity contribution in [3.63, 3.8) is 0 Å². The van der Waals surface area contributed by atoms with Gasteiger partial charge in [0.1, 0.15) is 17.3 Å². The van der Waals surface area contributed by atoms with Crippen LogP contribution in [0.3, 0.4) is 0 Å². The van der Waals surface area contributed by atoms with Crippen molar-refractivity contribution in [3.8, 4) is 11.5 Å². The third-order valence-electron chi connectivity index (χ3n) is 4.34. The van der Waals surface area contributed by atoms with Gasteiger partial charge in [0, 0.05) is 19.2 Å². The second-order valence-corrected chi connectivity index (χ2v) is 6.55. The maximum Gasteiger partial charge on any atom is 0.214 e. The van der Waals surface area contributed by atoms with Gasteiger partial charge in [-0.2, -0.15) is 0 Å². The third kappa shape index (κ3) is 5.13. The number of nitrogens with one attached hydrogen (secondary N) is 2. The fourth-order valence-corrected chi connectivity index (χ4v) is 2.69. The Morgan fingerprint density at radius 3 is 2.46 bits per heavy atom. The quantitative estimate of drug-likeness (QED) is 0.495. The molecule has 0 radical (unpaired) electrons. The Kier molecular flexibility index (Phi) is 6.32. The lowest BCUT2D eigenvalue weighted by molar-refractivity contribution is 0.463. The monoisotopic (exact) mass is 378 g/mol. The Labute approximate surface area is 165 Å². The molecule has 3 rings (SSSR count). The van der Waals surface area contributed by atoms with Crippen molar-refractivity contribution in [2.75, 3.05) is 7.05 Å². The number of hydrogen-bond acceptors (Lipinski definition) is 4. The zero-order valence-electron chi connectivity index (χ0n) is 16.7. The first kappa shape index (κ1) is 19.5. The minimum atomic E-state index is 0.468. The maximum atomic E-state index is 6.08. The molecular weight excluding hydrogens is 352 g/mol. The van der Waals surface area contributed by atoms with Crippen LogP contribution in [0.5, 0.6) is 11.5 Å². The highest BCUT2D eigenvalue weighted by Gasteiger charge is 2.09. The molecule has 0 fully saturated rings. The lowest BCUT2D eigenvalue weighted by atomic mass is 10.1. The zero-order valence-corrected chi connectivity index (χ0v) is 16.7. The van der Waals surface area contributed by atoms with E-state index in [4.69, 9.17) is 9.15 Å². The molecule has 0 bridgehead atoms. The standard InChI is InChI=1S/C22H26N4O2/c1-15-10-11-18(20(12-15)28-19-8-6-5-7-9-19)13-24-22(23-4)25-14-21-26-16(2)17(3)27-21/h5-12H,13-14H2,1-4H3,(H2,23,24,25). The molecule has 0 amide bonds. The topological polar surface area (TPSA) is 71.7 Å². The first-order chi connectivity index (χ1) is 13.5. The number of aryl methyl sites for hydroxylation is 3. The van der Waals surface area contributed by atoms with Crippen LogP contribution >= 0.6 is 0 Å². The van der Waals surface area contributed by atoms with Crippen LogP contribution in [0.1, 0.15) is 28.5 Å². The number of para-hydroxylation sites is 1. The normalized spacial score (nSPS) is 11.4. The highest BCUT2D eigenvalue weighted by Crippen LogP contribution is 2.26. The van der Waals surface area contributed by atoms with Gasteiger partial charge in [0.25, 0.3) is 0 Å². The first-order valence-corrected chi connectivity index (χ1v) is 9.25. The number of ether oxygens (including phenoxy) is 1. The summed E-state index contributed by atoms with van der Waals surface area (Å²) in [5, 5.41) is 6.53. The van der Waals surface area contributed by atoms with Crippen LogP contribution in [0, 0.1) is 20.8 Å². The van der Waals surface area contributed by atoms with Gasteiger partial charge in [-0.1, -0.05) is 30.3 Å². The first-order valence-electron chi connectivity index (χ1n) is 9.25. The molecule has 6 nitrogen and oxygen atoms in total. The van der Waals surface area contributed by atoms with E-state index in [-0.39, 0.29) is 0 Å². The third-order valence-corrected chi connectivity index (χ3v) is 4.34. The molecule has 0 saturated heterocycles. The highest BCUT2D eigenvalue weighted by atomic mass is 16.5. The Morgan fingerprint density at radius 2 is 1.79 bits per heavy atom. The van der Waals surface area contributed by atoms with Crippen molar-refractivity contribution in [1.82, 2.24) is 15.6 Å². The van der Waals surface area contributed by atoms with E-state index >= 15 is 0 Å². The highest BCUT2D eigenvalue weighted by molar-refractivity contribution is 5.79. The van der Waals surface area contributed by atoms with Crippen molar-refractivity contribution >= 4 is 5.96 Å². The van der Waals surface area contributed by atoms with Gasteiger partial charge in [-0.3, -0.25) is 4.99 Å². The molecule has 0 unspecified atom stereocenters. The summed E-state index contributed by atoms with van der Waals surface area (Å²) in [7, 11) is 1.73. The van der Waals surface area contributed by atoms with E-state index in [9.17, 15) is 0 Å². The number of oxazole rings is 1. The fourth-order valence-electron chi connectivity index (χ4n) is 2.69. The maximum absolute atomic E-state index is 6.08. The molecule has 1 aromatic heterocycles. The van der Waals surface area contributed by atoms with Crippen LogP contribution in [-0.4, -0.2) is 18.0 Å². The van der Waals surface area contributed by atoms with Gasteiger partial charge in [0.05, 0.1) is 12.2 Å². The minimum Gasteiger partial charge on any atom is -0.457 e. The SMILES string of the molecule is CN=C(NCc1nc(C)c(C)o1)NCc1ccc(C)cc1Oc1ccccc1. The molecule has 0 aliphatic rings. The summed E-state index contributed by atoms with van der Waals surface area (Å²) in [5.41, 5.74) is 3.09. The van der Waals surface area contributed by atoms with E-state index < -0.39 is 0 Å². The van der Waals surface area contributed by atoms with Gasteiger partial charge in [-0.25, -0.2) is 4.98 Å². The predicted octanol–water partition coefficient (Wildman–Crippen LogP) is 4.26. The van der Waals surface area contributed by atoms with Crippen molar-refractivity contribution in [1.29, 1.82) is 0 Å². The Bertz CT molecular complexity index is 929. The van der Waals surface area contributed by atoms with Crippen LogP contribution in [0.25, 0.3) is 0 Å². The molecule has 1 heterocycles. The molecule has 2 N–H and O–H groups in total. The second-order valence-electron chi connectivity index (χ2n) is 6.55. The fraction of sp³-hybridized carbons (Fsp3) is 0.273. The largest absolute Gasteiger partial charge is 0.457 e. The van der Waals surface area contributed by atoms with E-state index in [0.717, 1.165) is 34.1 Å². The van der Waals surface area contributed by atoms with E-state index in [1.165, 1.54) is 0 Å². The van der Waals surface area contributed by atoms with Crippen molar-refractivity contribution < 1.29 is 9.15 Å². The van der Waals surface area contributed by atoms with E-state index in [0.29, 0.717) is 24.9 Å². The summed E-state index contributed by atoms with van der Waals surface area (Å²) in [6.45, 7) is 6.93. The number of guanidine groups is 1. The Hall–Kier alpha value is -3.28. The zero-order chi connectivity index (χ0) is 19.9. The molecular formula is C22H26N4O2. The van der Waals surface area contributed by atoms with Gasteiger partial charge in [0.2, 0.25) is 5.89 Å². The summed E-state index contributed by atoms with van der Waals surface area (Å²) in [5.74, 6) is 3.78. The summed E-state index contributed by atoms with van der Waals surface area (Å²) in [4.78, 5) is 8.64. The van der Waals surface area contributed by atoms with Crippen molar-refractivity contribution in [2.24, 2.45) is 4.99 Å². The van der Waals surface area contributed by atoms with Crippen molar-refractivity contribution in [2.45, 2.75) is 33.9 Å². The Morgan fingerprint density at radius 1 is 1.04 bits per heavy atom. The number of aromatic nitrogens is 1. The van der Waals surface area contributed by atoms with Crippen LogP contribution in [-0.2, 0) is 13.1 Å².